The summed E-state index contributed by atoms with van der Waals surface area (Å²) in [5, 5.41) is 2.71. The van der Waals surface area contributed by atoms with Crippen molar-refractivity contribution in [2.45, 2.75) is 39.7 Å². The number of rotatable bonds is 6. The van der Waals surface area contributed by atoms with Crippen LogP contribution >= 0.6 is 12.4 Å². The smallest absolute Gasteiger partial charge is 0.340 e. The Kier molecular flexibility index (Phi) is 8.74. The summed E-state index contributed by atoms with van der Waals surface area (Å²) in [5.74, 6) is -1.44. The van der Waals surface area contributed by atoms with E-state index in [0.717, 1.165) is 12.8 Å². The SMILES string of the molecule is COC(=O)c1c(C)nc(C)c(C(=O)OCC2CCCO2)c1-c1cccc(NC(C)=O)c1.Cl. The number of nitrogens with zero attached hydrogens (tertiary/aromatic N) is 1. The fraction of sp³-hybridized carbons (Fsp3) is 0.391. The molecule has 1 saturated heterocycles. The molecule has 0 radical (unpaired) electrons. The lowest BCUT2D eigenvalue weighted by Crippen LogP contribution is -2.21. The molecule has 0 aliphatic carbocycles. The van der Waals surface area contributed by atoms with Crippen molar-refractivity contribution in [3.8, 4) is 11.1 Å². The van der Waals surface area contributed by atoms with E-state index in [1.54, 1.807) is 38.1 Å². The number of carbonyl (C=O) groups is 3. The average molecular weight is 463 g/mol. The topological polar surface area (TPSA) is 104 Å². The van der Waals surface area contributed by atoms with E-state index in [-0.39, 0.29) is 42.2 Å². The zero-order valence-corrected chi connectivity index (χ0v) is 19.3. The summed E-state index contributed by atoms with van der Waals surface area (Å²) in [7, 11) is 1.27. The van der Waals surface area contributed by atoms with Crippen LogP contribution in [0.1, 0.15) is 51.9 Å². The number of pyridine rings is 1. The van der Waals surface area contributed by atoms with Gasteiger partial charge in [0.05, 0.1) is 35.7 Å². The molecule has 0 saturated carbocycles. The van der Waals surface area contributed by atoms with Gasteiger partial charge in [0.2, 0.25) is 5.91 Å². The molecule has 0 spiro atoms. The molecule has 1 aromatic heterocycles. The molecule has 1 unspecified atom stereocenters. The molecule has 2 aromatic rings. The normalized spacial score (nSPS) is 14.9. The zero-order valence-electron chi connectivity index (χ0n) is 18.5. The molecule has 32 heavy (non-hydrogen) atoms. The van der Waals surface area contributed by atoms with Crippen molar-refractivity contribution in [2.75, 3.05) is 25.6 Å². The number of aryl methyl sites for hydroxylation is 2. The Bertz CT molecular complexity index is 1020. The summed E-state index contributed by atoms with van der Waals surface area (Å²) in [5.41, 5.74) is 2.68. The van der Waals surface area contributed by atoms with Crippen molar-refractivity contribution in [3.63, 3.8) is 0 Å². The second kappa shape index (κ2) is 11.1. The maximum atomic E-state index is 13.1. The van der Waals surface area contributed by atoms with Crippen molar-refractivity contribution in [1.82, 2.24) is 4.98 Å². The van der Waals surface area contributed by atoms with Gasteiger partial charge < -0.3 is 19.5 Å². The number of benzene rings is 1. The largest absolute Gasteiger partial charge is 0.465 e. The number of hydrogen-bond acceptors (Lipinski definition) is 7. The second-order valence-electron chi connectivity index (χ2n) is 7.39. The second-order valence-corrected chi connectivity index (χ2v) is 7.39. The Labute approximate surface area is 193 Å². The van der Waals surface area contributed by atoms with Crippen LogP contribution in [0.4, 0.5) is 5.69 Å². The van der Waals surface area contributed by atoms with E-state index in [9.17, 15) is 14.4 Å². The first-order chi connectivity index (χ1) is 14.8. The molecule has 1 aliphatic rings. The number of halogens is 1. The van der Waals surface area contributed by atoms with E-state index < -0.39 is 11.9 Å². The predicted octanol–water partition coefficient (Wildman–Crippen LogP) is 3.87. The predicted molar refractivity (Wildman–Crippen MR) is 121 cm³/mol. The van der Waals surface area contributed by atoms with Crippen LogP contribution in [-0.4, -0.2) is 49.3 Å². The van der Waals surface area contributed by atoms with Crippen LogP contribution < -0.4 is 5.32 Å². The number of aromatic nitrogens is 1. The average Bonchev–Trinajstić information content (AvgIpc) is 3.24. The fourth-order valence-electron chi connectivity index (χ4n) is 3.71. The van der Waals surface area contributed by atoms with E-state index in [2.05, 4.69) is 10.3 Å². The van der Waals surface area contributed by atoms with Gasteiger partial charge in [-0.1, -0.05) is 12.1 Å². The molecule has 8 nitrogen and oxygen atoms in total. The van der Waals surface area contributed by atoms with E-state index in [4.69, 9.17) is 14.2 Å². The number of hydrogen-bond donors (Lipinski definition) is 1. The van der Waals surface area contributed by atoms with Crippen molar-refractivity contribution < 1.29 is 28.6 Å². The Hall–Kier alpha value is -2.97. The van der Waals surface area contributed by atoms with Gasteiger partial charge in [-0.3, -0.25) is 9.78 Å². The minimum atomic E-state index is -0.613. The quantitative estimate of drug-likeness (QED) is 0.650. The molecule has 1 fully saturated rings. The summed E-state index contributed by atoms with van der Waals surface area (Å²) in [4.78, 5) is 41.6. The van der Waals surface area contributed by atoms with Crippen LogP contribution in [-0.2, 0) is 19.0 Å². The number of ether oxygens (including phenoxy) is 3. The van der Waals surface area contributed by atoms with Crippen LogP contribution in [0, 0.1) is 13.8 Å². The van der Waals surface area contributed by atoms with Crippen molar-refractivity contribution in [1.29, 1.82) is 0 Å². The first-order valence-electron chi connectivity index (χ1n) is 10.1. The maximum Gasteiger partial charge on any atom is 0.340 e. The monoisotopic (exact) mass is 462 g/mol. The van der Waals surface area contributed by atoms with Gasteiger partial charge in [0.25, 0.3) is 0 Å². The highest BCUT2D eigenvalue weighted by molar-refractivity contribution is 6.07. The molecule has 1 aliphatic heterocycles. The minimum Gasteiger partial charge on any atom is -0.465 e. The van der Waals surface area contributed by atoms with Crippen LogP contribution in [0.15, 0.2) is 24.3 Å². The van der Waals surface area contributed by atoms with Gasteiger partial charge in [-0.2, -0.15) is 0 Å². The van der Waals surface area contributed by atoms with Gasteiger partial charge in [0.1, 0.15) is 6.61 Å². The summed E-state index contributed by atoms with van der Waals surface area (Å²) in [6.45, 7) is 5.56. The molecule has 2 heterocycles. The number of anilines is 1. The lowest BCUT2D eigenvalue weighted by atomic mass is 9.92. The summed E-state index contributed by atoms with van der Waals surface area (Å²) in [6, 6.07) is 6.90. The van der Waals surface area contributed by atoms with Gasteiger partial charge in [-0.25, -0.2) is 9.59 Å². The molecule has 172 valence electrons. The van der Waals surface area contributed by atoms with Crippen LogP contribution in [0.2, 0.25) is 0 Å². The van der Waals surface area contributed by atoms with Crippen LogP contribution in [0.3, 0.4) is 0 Å². The molecule has 9 heteroatoms. The molecular weight excluding hydrogens is 436 g/mol. The van der Waals surface area contributed by atoms with Gasteiger partial charge in [-0.15, -0.1) is 12.4 Å². The van der Waals surface area contributed by atoms with Crippen molar-refractivity contribution >= 4 is 35.9 Å². The third kappa shape index (κ3) is 5.63. The van der Waals surface area contributed by atoms with Gasteiger partial charge in [0, 0.05) is 24.8 Å². The maximum absolute atomic E-state index is 13.1. The molecule has 1 amide bonds. The third-order valence-corrected chi connectivity index (χ3v) is 5.05. The van der Waals surface area contributed by atoms with Gasteiger partial charge >= 0.3 is 11.9 Å². The number of amides is 1. The molecule has 1 N–H and O–H groups in total. The molecular formula is C23H27ClN2O6. The number of esters is 2. The minimum absolute atomic E-state index is 0. The molecule has 1 aromatic carbocycles. The highest BCUT2D eigenvalue weighted by atomic mass is 35.5. The Morgan fingerprint density at radius 2 is 1.84 bits per heavy atom. The van der Waals surface area contributed by atoms with E-state index in [0.29, 0.717) is 34.8 Å². The van der Waals surface area contributed by atoms with Crippen LogP contribution in [0.5, 0.6) is 0 Å². The van der Waals surface area contributed by atoms with E-state index >= 15 is 0 Å². The molecule has 0 bridgehead atoms. The Morgan fingerprint density at radius 1 is 1.16 bits per heavy atom. The van der Waals surface area contributed by atoms with E-state index in [1.807, 2.05) is 0 Å². The first-order valence-corrected chi connectivity index (χ1v) is 10.1. The number of carbonyl (C=O) groups excluding carboxylic acids is 3. The van der Waals surface area contributed by atoms with Crippen molar-refractivity contribution in [3.05, 3.63) is 46.8 Å². The van der Waals surface area contributed by atoms with Gasteiger partial charge in [-0.05, 0) is 44.4 Å². The first kappa shape index (κ1) is 25.3. The zero-order chi connectivity index (χ0) is 22.5. The van der Waals surface area contributed by atoms with Gasteiger partial charge in [0.15, 0.2) is 0 Å². The molecule has 1 atom stereocenters. The number of methoxy groups -OCH3 is 1. The van der Waals surface area contributed by atoms with E-state index in [1.165, 1.54) is 14.0 Å². The Morgan fingerprint density at radius 3 is 2.44 bits per heavy atom. The lowest BCUT2D eigenvalue weighted by molar-refractivity contribution is -0.114. The lowest BCUT2D eigenvalue weighted by Gasteiger charge is -2.19. The fourth-order valence-corrected chi connectivity index (χ4v) is 3.71. The van der Waals surface area contributed by atoms with Crippen LogP contribution in [0.25, 0.3) is 11.1 Å². The van der Waals surface area contributed by atoms with Crippen molar-refractivity contribution in [2.24, 2.45) is 0 Å². The summed E-state index contributed by atoms with van der Waals surface area (Å²) in [6.07, 6.45) is 1.63. The third-order valence-electron chi connectivity index (χ3n) is 5.05. The summed E-state index contributed by atoms with van der Waals surface area (Å²) >= 11 is 0. The Balaban J connectivity index is 0.00000363. The highest BCUT2D eigenvalue weighted by Gasteiger charge is 2.28. The number of nitrogens with one attached hydrogen (secondary N) is 1. The highest BCUT2D eigenvalue weighted by Crippen LogP contribution is 2.34. The molecule has 3 rings (SSSR count). The summed E-state index contributed by atoms with van der Waals surface area (Å²) < 4.78 is 16.0. The standard InChI is InChI=1S/C23H26N2O6.ClH/c1-13-19(22(27)29-4)21(16-7-5-8-17(11-16)25-15(3)26)20(14(2)24-13)23(28)31-12-18-9-6-10-30-18;/h5,7-8,11,18H,6,9-10,12H2,1-4H3,(H,25,26);1H.